The molecule has 0 spiro atoms. The molecule has 5 aliphatic carbocycles. The van der Waals surface area contributed by atoms with Gasteiger partial charge in [0.15, 0.2) is 0 Å². The summed E-state index contributed by atoms with van der Waals surface area (Å²) in [4.78, 5) is 5.47. The smallest absolute Gasteiger partial charge is 0.252 e. The van der Waals surface area contributed by atoms with Crippen molar-refractivity contribution in [2.75, 3.05) is 9.80 Å². The molecule has 0 amide bonds. The number of hydrogen-bond donors (Lipinski definition) is 0. The van der Waals surface area contributed by atoms with E-state index in [9.17, 15) is 0 Å². The Kier molecular flexibility index (Phi) is 11.2. The summed E-state index contributed by atoms with van der Waals surface area (Å²) in [5.41, 5.74) is 24.5. The van der Waals surface area contributed by atoms with E-state index in [2.05, 4.69) is 208 Å². The zero-order valence-corrected chi connectivity index (χ0v) is 47.4. The molecule has 0 N–H and O–H groups in total. The van der Waals surface area contributed by atoms with Gasteiger partial charge in [-0.3, -0.25) is 0 Å². The number of hydrogen-bond acceptors (Lipinski definition) is 2. The fourth-order valence-corrected chi connectivity index (χ4v) is 18.2. The van der Waals surface area contributed by atoms with Gasteiger partial charge in [0, 0.05) is 34.0 Å². The standard InChI is InChI=1S/C71H85BN2/c1-44-32-64-66-65(33-44)74(61-24-20-53(67(6,7)8)34-56(61)51-16-14-13-15-17-51)63-37-58-57(68(9,10)26-27-69(58,11)12)36-60(63)72(66)59-35-54(71-40-47(4)30-50(43-71)31-48(5)41-71)21-25-62(59)73(64)55-22-18-52(19-23-55)70-38-45(2)28-49(42-70)29-46(3)39-70/h13-25,32-37,45-50H,26-31,38-43H2,1-12H3/t45-,46+,47-,48+,49?,50?,70?,71?. The molecular weight excluding hydrogens is 892 g/mol. The predicted molar refractivity (Wildman–Crippen MR) is 318 cm³/mol. The van der Waals surface area contributed by atoms with Crippen LogP contribution in [0, 0.1) is 42.4 Å². The molecule has 13 rings (SSSR count). The molecule has 0 saturated heterocycles. The third-order valence-corrected chi connectivity index (χ3v) is 21.0. The highest BCUT2D eigenvalue weighted by molar-refractivity contribution is 7.00. The number of nitrogens with zero attached hydrogens (tertiary/aromatic N) is 2. The number of rotatable bonds is 5. The zero-order valence-electron chi connectivity index (χ0n) is 47.4. The Morgan fingerprint density at radius 2 is 1.00 bits per heavy atom. The van der Waals surface area contributed by atoms with Crippen molar-refractivity contribution in [3.05, 3.63) is 149 Å². The summed E-state index contributed by atoms with van der Waals surface area (Å²) in [6.07, 6.45) is 15.9. The van der Waals surface area contributed by atoms with Crippen molar-refractivity contribution < 1.29 is 0 Å². The fraction of sp³-hybridized carbons (Fsp3) is 0.493. The lowest BCUT2D eigenvalue weighted by Gasteiger charge is -2.51. The molecule has 4 unspecified atom stereocenters. The Balaban J connectivity index is 1.09. The highest BCUT2D eigenvalue weighted by Crippen LogP contribution is 2.58. The maximum Gasteiger partial charge on any atom is 0.252 e. The molecule has 7 aliphatic rings. The SMILES string of the molecule is Cc1cc2c3c(c1)N(c1ccc(C(C)(C)C)cc1-c1ccccc1)c1cc4c(cc1B3c1cc(C35CC(C[C@@H](C)C3)C[C@H](C)C5)ccc1N2c1ccc(C23CC(C[C@@H](C)C2)C[C@H](C)C3)cc1)C(C)(C)CCC4(C)C. The van der Waals surface area contributed by atoms with E-state index in [1.807, 2.05) is 0 Å². The number of benzene rings is 6. The van der Waals surface area contributed by atoms with E-state index in [4.69, 9.17) is 0 Å². The van der Waals surface area contributed by atoms with Crippen LogP contribution in [-0.2, 0) is 27.1 Å². The number of fused-ring (bicyclic) bond motifs is 9. The first-order chi connectivity index (χ1) is 35.2. The van der Waals surface area contributed by atoms with E-state index in [-0.39, 0.29) is 33.8 Å². The minimum atomic E-state index is -0.000810. The van der Waals surface area contributed by atoms with Crippen molar-refractivity contribution in [3.8, 4) is 11.1 Å². The van der Waals surface area contributed by atoms with Crippen LogP contribution in [0.4, 0.5) is 34.1 Å². The Hall–Kier alpha value is -5.02. The molecule has 4 bridgehead atoms. The lowest BCUT2D eigenvalue weighted by molar-refractivity contribution is 0.0779. The van der Waals surface area contributed by atoms with Crippen molar-refractivity contribution in [2.45, 2.75) is 187 Å². The Morgan fingerprint density at radius 1 is 0.486 bits per heavy atom. The van der Waals surface area contributed by atoms with Crippen LogP contribution >= 0.6 is 0 Å². The van der Waals surface area contributed by atoms with Crippen molar-refractivity contribution in [3.63, 3.8) is 0 Å². The minimum absolute atomic E-state index is 0.000810. The second kappa shape index (κ2) is 17.0. The van der Waals surface area contributed by atoms with Crippen LogP contribution in [0.25, 0.3) is 11.1 Å². The highest BCUT2D eigenvalue weighted by atomic mass is 15.2. The van der Waals surface area contributed by atoms with Gasteiger partial charge in [-0.05, 0) is 250 Å². The third kappa shape index (κ3) is 7.75. The van der Waals surface area contributed by atoms with Crippen molar-refractivity contribution in [1.29, 1.82) is 0 Å². The first-order valence-electron chi connectivity index (χ1n) is 29.6. The van der Waals surface area contributed by atoms with E-state index in [1.165, 1.54) is 155 Å². The van der Waals surface area contributed by atoms with E-state index < -0.39 is 0 Å². The number of anilines is 6. The second-order valence-electron chi connectivity index (χ2n) is 29.1. The van der Waals surface area contributed by atoms with Crippen LogP contribution in [0.3, 0.4) is 0 Å². The average molecular weight is 977 g/mol. The van der Waals surface area contributed by atoms with E-state index in [0.717, 1.165) is 35.5 Å². The van der Waals surface area contributed by atoms with Crippen molar-refractivity contribution >= 4 is 57.2 Å². The average Bonchev–Trinajstić information content (AvgIpc) is 3.37. The normalized spacial score (nSPS) is 29.2. The molecule has 6 aromatic rings. The molecule has 8 atom stereocenters. The molecule has 2 heterocycles. The summed E-state index contributed by atoms with van der Waals surface area (Å²) < 4.78 is 0. The van der Waals surface area contributed by atoms with Gasteiger partial charge in [0.05, 0.1) is 5.69 Å². The summed E-state index contributed by atoms with van der Waals surface area (Å²) in [6, 6.07) is 47.5. The van der Waals surface area contributed by atoms with Gasteiger partial charge in [0.2, 0.25) is 0 Å². The summed E-state index contributed by atoms with van der Waals surface area (Å²) in [5.74, 6) is 4.75. The monoisotopic (exact) mass is 977 g/mol. The summed E-state index contributed by atoms with van der Waals surface area (Å²) in [5, 5.41) is 0. The van der Waals surface area contributed by atoms with Gasteiger partial charge in [-0.15, -0.1) is 0 Å². The van der Waals surface area contributed by atoms with Crippen molar-refractivity contribution in [1.82, 2.24) is 0 Å². The number of aryl methyl sites for hydroxylation is 1. The zero-order chi connectivity index (χ0) is 51.4. The second-order valence-corrected chi connectivity index (χ2v) is 29.1. The van der Waals surface area contributed by atoms with Crippen LogP contribution in [0.2, 0.25) is 0 Å². The molecule has 2 aliphatic heterocycles. The summed E-state index contributed by atoms with van der Waals surface area (Å²) in [6.45, 7) is 29.8. The van der Waals surface area contributed by atoms with Crippen LogP contribution in [-0.4, -0.2) is 6.71 Å². The minimum Gasteiger partial charge on any atom is -0.311 e. The Labute approximate surface area is 447 Å². The molecule has 4 fully saturated rings. The molecular formula is C71H85BN2. The molecule has 382 valence electrons. The van der Waals surface area contributed by atoms with Gasteiger partial charge in [-0.25, -0.2) is 0 Å². The largest absolute Gasteiger partial charge is 0.311 e. The predicted octanol–water partition coefficient (Wildman–Crippen LogP) is 17.6. The van der Waals surface area contributed by atoms with E-state index >= 15 is 0 Å². The molecule has 74 heavy (non-hydrogen) atoms. The maximum atomic E-state index is 2.80. The van der Waals surface area contributed by atoms with Gasteiger partial charge in [0.25, 0.3) is 6.71 Å². The maximum absolute atomic E-state index is 2.80. The topological polar surface area (TPSA) is 6.48 Å². The van der Waals surface area contributed by atoms with Crippen LogP contribution < -0.4 is 26.2 Å². The van der Waals surface area contributed by atoms with Gasteiger partial charge in [0.1, 0.15) is 0 Å². The van der Waals surface area contributed by atoms with Gasteiger partial charge in [-0.2, -0.15) is 0 Å². The third-order valence-electron chi connectivity index (χ3n) is 21.0. The molecule has 4 saturated carbocycles. The van der Waals surface area contributed by atoms with Crippen molar-refractivity contribution in [2.24, 2.45) is 35.5 Å². The van der Waals surface area contributed by atoms with Crippen LogP contribution in [0.5, 0.6) is 0 Å². The lowest BCUT2D eigenvalue weighted by atomic mass is 9.32. The van der Waals surface area contributed by atoms with Crippen LogP contribution in [0.15, 0.2) is 115 Å². The molecule has 0 radical (unpaired) electrons. The molecule has 2 nitrogen and oxygen atoms in total. The quantitative estimate of drug-likeness (QED) is 0.159. The lowest BCUT2D eigenvalue weighted by Crippen LogP contribution is -2.62. The molecule has 3 heteroatoms. The van der Waals surface area contributed by atoms with E-state index in [0.29, 0.717) is 0 Å². The Morgan fingerprint density at radius 3 is 1.58 bits per heavy atom. The Bertz CT molecular complexity index is 3150. The van der Waals surface area contributed by atoms with Gasteiger partial charge < -0.3 is 9.80 Å². The van der Waals surface area contributed by atoms with E-state index in [1.54, 1.807) is 16.7 Å². The molecule has 6 aromatic carbocycles. The van der Waals surface area contributed by atoms with Gasteiger partial charge in [-0.1, -0.05) is 143 Å². The molecule has 0 aromatic heterocycles. The first kappa shape index (κ1) is 48.6. The van der Waals surface area contributed by atoms with Crippen LogP contribution in [0.1, 0.15) is 187 Å². The highest BCUT2D eigenvalue weighted by Gasteiger charge is 2.50. The fourth-order valence-electron chi connectivity index (χ4n) is 18.2. The van der Waals surface area contributed by atoms with Gasteiger partial charge >= 0.3 is 0 Å². The first-order valence-corrected chi connectivity index (χ1v) is 29.6. The summed E-state index contributed by atoms with van der Waals surface area (Å²) >= 11 is 0. The summed E-state index contributed by atoms with van der Waals surface area (Å²) in [7, 11) is 0.